The van der Waals surface area contributed by atoms with Crippen LogP contribution in [-0.4, -0.2) is 37.2 Å². The van der Waals surface area contributed by atoms with Gasteiger partial charge >= 0.3 is 17.9 Å². The second-order valence-electron chi connectivity index (χ2n) is 22.7. The van der Waals surface area contributed by atoms with Crippen molar-refractivity contribution in [1.82, 2.24) is 0 Å². The predicted molar refractivity (Wildman–Crippen MR) is 335 cm³/mol. The van der Waals surface area contributed by atoms with Crippen molar-refractivity contribution in [1.29, 1.82) is 0 Å². The molecule has 0 heterocycles. The molecule has 0 radical (unpaired) electrons. The van der Waals surface area contributed by atoms with E-state index in [9.17, 15) is 14.4 Å². The number of unbranched alkanes of at least 4 members (excludes halogenated alkanes) is 41. The zero-order chi connectivity index (χ0) is 55.7. The van der Waals surface area contributed by atoms with E-state index in [1.54, 1.807) is 0 Å². The van der Waals surface area contributed by atoms with Gasteiger partial charge in [-0.15, -0.1) is 0 Å². The van der Waals surface area contributed by atoms with E-state index in [0.29, 0.717) is 19.3 Å². The number of hydrogen-bond donors (Lipinski definition) is 0. The van der Waals surface area contributed by atoms with E-state index in [0.717, 1.165) is 96.3 Å². The smallest absolute Gasteiger partial charge is 0.306 e. The zero-order valence-electron chi connectivity index (χ0n) is 51.5. The molecule has 0 aliphatic heterocycles. The van der Waals surface area contributed by atoms with Crippen LogP contribution in [0.1, 0.15) is 355 Å². The SMILES string of the molecule is CC/C=C\C/C=C\C/C=C\C/C=C\CCCCCCCCC(=O)OC(COC(=O)CCCCCCCCCCCCC/C=C\CCCCCCCCCC)COC(=O)CCCCCCCCCCCCCCCCCCC. The third-order valence-electron chi connectivity index (χ3n) is 15.0. The zero-order valence-corrected chi connectivity index (χ0v) is 51.5. The van der Waals surface area contributed by atoms with Gasteiger partial charge in [0, 0.05) is 19.3 Å². The van der Waals surface area contributed by atoms with Crippen LogP contribution in [0.5, 0.6) is 0 Å². The summed E-state index contributed by atoms with van der Waals surface area (Å²) in [5.74, 6) is -0.869. The molecule has 1 unspecified atom stereocenters. The quantitative estimate of drug-likeness (QED) is 0.0261. The Morgan fingerprint density at radius 1 is 0.273 bits per heavy atom. The van der Waals surface area contributed by atoms with E-state index >= 15 is 0 Å². The van der Waals surface area contributed by atoms with Gasteiger partial charge in [0.05, 0.1) is 0 Å². The average Bonchev–Trinajstić information content (AvgIpc) is 3.43. The molecule has 6 nitrogen and oxygen atoms in total. The molecule has 0 aliphatic carbocycles. The summed E-state index contributed by atoms with van der Waals surface area (Å²) in [4.78, 5) is 38.4. The molecule has 0 rings (SSSR count). The molecule has 6 heteroatoms. The van der Waals surface area contributed by atoms with Crippen LogP contribution in [0.4, 0.5) is 0 Å². The van der Waals surface area contributed by atoms with Crippen molar-refractivity contribution in [2.45, 2.75) is 361 Å². The Morgan fingerprint density at radius 2 is 0.506 bits per heavy atom. The van der Waals surface area contributed by atoms with Gasteiger partial charge in [0.1, 0.15) is 13.2 Å². The van der Waals surface area contributed by atoms with Gasteiger partial charge in [-0.2, -0.15) is 0 Å². The largest absolute Gasteiger partial charge is 0.462 e. The van der Waals surface area contributed by atoms with Crippen molar-refractivity contribution in [3.63, 3.8) is 0 Å². The first-order valence-electron chi connectivity index (χ1n) is 33.8. The fraction of sp³-hybridized carbons (Fsp3) is 0.817. The maximum absolute atomic E-state index is 12.9. The minimum absolute atomic E-state index is 0.0765. The third kappa shape index (κ3) is 63.8. The predicted octanol–water partition coefficient (Wildman–Crippen LogP) is 23.1. The van der Waals surface area contributed by atoms with Crippen molar-refractivity contribution < 1.29 is 28.6 Å². The van der Waals surface area contributed by atoms with Crippen LogP contribution in [0, 0.1) is 0 Å². The summed E-state index contributed by atoms with van der Waals surface area (Å²) in [6.07, 6.45) is 83.7. The molecule has 0 aromatic heterocycles. The number of carbonyl (C=O) groups is 3. The molecule has 0 saturated carbocycles. The lowest BCUT2D eigenvalue weighted by Gasteiger charge is -2.18. The van der Waals surface area contributed by atoms with E-state index in [2.05, 4.69) is 81.5 Å². The van der Waals surface area contributed by atoms with Crippen LogP contribution in [-0.2, 0) is 28.6 Å². The molecule has 448 valence electrons. The number of esters is 3. The highest BCUT2D eigenvalue weighted by atomic mass is 16.6. The highest BCUT2D eigenvalue weighted by Gasteiger charge is 2.19. The maximum Gasteiger partial charge on any atom is 0.306 e. The summed E-state index contributed by atoms with van der Waals surface area (Å²) >= 11 is 0. The first kappa shape index (κ1) is 74.1. The first-order valence-corrected chi connectivity index (χ1v) is 33.8. The van der Waals surface area contributed by atoms with E-state index in [1.165, 1.54) is 218 Å². The van der Waals surface area contributed by atoms with E-state index in [4.69, 9.17) is 14.2 Å². The van der Waals surface area contributed by atoms with E-state index in [-0.39, 0.29) is 31.1 Å². The second kappa shape index (κ2) is 65.6. The molecule has 0 spiro atoms. The van der Waals surface area contributed by atoms with Crippen LogP contribution < -0.4 is 0 Å². The molecule has 0 amide bonds. The fourth-order valence-corrected chi connectivity index (χ4v) is 9.96. The Labute approximate surface area is 479 Å². The lowest BCUT2D eigenvalue weighted by Crippen LogP contribution is -2.30. The molecule has 0 saturated heterocycles. The summed E-state index contributed by atoms with van der Waals surface area (Å²) in [6.45, 7) is 6.58. The van der Waals surface area contributed by atoms with Gasteiger partial charge in [0.25, 0.3) is 0 Å². The highest BCUT2D eigenvalue weighted by Crippen LogP contribution is 2.18. The number of rotatable bonds is 62. The minimum atomic E-state index is -0.782. The van der Waals surface area contributed by atoms with Crippen LogP contribution in [0.3, 0.4) is 0 Å². The van der Waals surface area contributed by atoms with Gasteiger partial charge < -0.3 is 14.2 Å². The van der Waals surface area contributed by atoms with E-state index in [1.807, 2.05) is 0 Å². The normalized spacial score (nSPS) is 12.4. The van der Waals surface area contributed by atoms with Gasteiger partial charge in [-0.1, -0.05) is 313 Å². The Kier molecular flexibility index (Phi) is 63.2. The standard InChI is InChI=1S/C71H128O6/c1-4-7-10-13-16-19-22-25-28-31-33-34-35-36-38-40-43-46-49-52-55-58-61-64-70(73)76-67-68(66-75-69(72)63-60-57-54-51-48-45-42-39-30-27-24-21-18-15-12-9-6-3)77-71(74)65-62-59-56-53-50-47-44-41-37-32-29-26-23-20-17-14-11-8-5-2/h8,11,17,20,26,29,31,33,37,41,68H,4-7,9-10,12-16,18-19,21-25,27-28,30,32,34-36,38-40,42-67H2,1-3H3/b11-8-,20-17-,29-26-,33-31-,41-37-. The topological polar surface area (TPSA) is 78.9 Å². The van der Waals surface area contributed by atoms with E-state index < -0.39 is 6.10 Å². The first-order chi connectivity index (χ1) is 38.0. The lowest BCUT2D eigenvalue weighted by atomic mass is 10.0. The molecular formula is C71H128O6. The molecule has 0 N–H and O–H groups in total. The summed E-state index contributed by atoms with van der Waals surface area (Å²) in [7, 11) is 0. The van der Waals surface area contributed by atoms with Crippen LogP contribution in [0.15, 0.2) is 60.8 Å². The van der Waals surface area contributed by atoms with Gasteiger partial charge in [-0.05, 0) is 83.5 Å². The van der Waals surface area contributed by atoms with Crippen molar-refractivity contribution in [2.75, 3.05) is 13.2 Å². The summed E-state index contributed by atoms with van der Waals surface area (Å²) in [5, 5.41) is 0. The molecule has 77 heavy (non-hydrogen) atoms. The Balaban J connectivity index is 4.34. The number of carbonyl (C=O) groups excluding carboxylic acids is 3. The van der Waals surface area contributed by atoms with Gasteiger partial charge in [-0.25, -0.2) is 0 Å². The Morgan fingerprint density at radius 3 is 0.805 bits per heavy atom. The summed E-state index contributed by atoms with van der Waals surface area (Å²) < 4.78 is 17.0. The van der Waals surface area contributed by atoms with Crippen molar-refractivity contribution in [3.05, 3.63) is 60.8 Å². The van der Waals surface area contributed by atoms with Crippen LogP contribution >= 0.6 is 0 Å². The van der Waals surface area contributed by atoms with Crippen molar-refractivity contribution in [2.24, 2.45) is 0 Å². The van der Waals surface area contributed by atoms with Gasteiger partial charge in [0.15, 0.2) is 6.10 Å². The monoisotopic (exact) mass is 1080 g/mol. The maximum atomic E-state index is 12.9. The molecule has 0 aliphatic rings. The lowest BCUT2D eigenvalue weighted by molar-refractivity contribution is -0.167. The molecule has 0 aromatic carbocycles. The minimum Gasteiger partial charge on any atom is -0.462 e. The number of hydrogen-bond acceptors (Lipinski definition) is 6. The second-order valence-corrected chi connectivity index (χ2v) is 22.7. The molecule has 1 atom stereocenters. The summed E-state index contributed by atoms with van der Waals surface area (Å²) in [5.41, 5.74) is 0. The van der Waals surface area contributed by atoms with Crippen molar-refractivity contribution in [3.8, 4) is 0 Å². The molecule has 0 bridgehead atoms. The fourth-order valence-electron chi connectivity index (χ4n) is 9.96. The van der Waals surface area contributed by atoms with Crippen LogP contribution in [0.25, 0.3) is 0 Å². The van der Waals surface area contributed by atoms with Crippen molar-refractivity contribution >= 4 is 17.9 Å². The number of allylic oxidation sites excluding steroid dienone is 10. The molecular weight excluding hydrogens is 949 g/mol. The Hall–Kier alpha value is -2.89. The third-order valence-corrected chi connectivity index (χ3v) is 15.0. The van der Waals surface area contributed by atoms with Gasteiger partial charge in [0.2, 0.25) is 0 Å². The number of ether oxygens (including phenoxy) is 3. The highest BCUT2D eigenvalue weighted by molar-refractivity contribution is 5.71. The molecule has 0 aromatic rings. The van der Waals surface area contributed by atoms with Crippen LogP contribution in [0.2, 0.25) is 0 Å². The molecule has 0 fully saturated rings. The Bertz CT molecular complexity index is 1380. The summed E-state index contributed by atoms with van der Waals surface area (Å²) in [6, 6.07) is 0. The average molecular weight is 1080 g/mol. The van der Waals surface area contributed by atoms with Gasteiger partial charge in [-0.3, -0.25) is 14.4 Å².